The molecule has 0 aromatic heterocycles. The first-order chi connectivity index (χ1) is 11.8. The van der Waals surface area contributed by atoms with E-state index in [0.717, 1.165) is 22.4 Å². The summed E-state index contributed by atoms with van der Waals surface area (Å²) in [6.07, 6.45) is 1.24. The third-order valence-electron chi connectivity index (χ3n) is 3.75. The van der Waals surface area contributed by atoms with Crippen LogP contribution in [0.5, 0.6) is 0 Å². The highest BCUT2D eigenvalue weighted by molar-refractivity contribution is 6.30. The van der Waals surface area contributed by atoms with Gasteiger partial charge in [-0.1, -0.05) is 29.3 Å². The summed E-state index contributed by atoms with van der Waals surface area (Å²) in [6.45, 7) is 5.89. The molecule has 0 aliphatic heterocycles. The Balaban J connectivity index is 2.38. The van der Waals surface area contributed by atoms with Crippen molar-refractivity contribution < 1.29 is 14.3 Å². The molecule has 4 nitrogen and oxygen atoms in total. The van der Waals surface area contributed by atoms with Crippen molar-refractivity contribution in [3.8, 4) is 0 Å². The molecule has 2 rings (SSSR count). The Hall–Kier alpha value is -2.59. The van der Waals surface area contributed by atoms with Crippen LogP contribution < -0.4 is 5.32 Å². The molecule has 5 heteroatoms. The van der Waals surface area contributed by atoms with Crippen molar-refractivity contribution in [3.05, 3.63) is 75.4 Å². The molecule has 0 saturated heterocycles. The minimum absolute atomic E-state index is 0.0810. The number of aryl methyl sites for hydroxylation is 3. The lowest BCUT2D eigenvalue weighted by Gasteiger charge is -2.15. The maximum atomic E-state index is 12.4. The van der Waals surface area contributed by atoms with E-state index in [1.54, 1.807) is 24.3 Å². The maximum absolute atomic E-state index is 12.4. The van der Waals surface area contributed by atoms with Gasteiger partial charge in [0.25, 0.3) is 0 Å². The lowest BCUT2D eigenvalue weighted by atomic mass is 10.0. The van der Waals surface area contributed by atoms with Crippen molar-refractivity contribution in [1.29, 1.82) is 0 Å². The lowest BCUT2D eigenvalue weighted by molar-refractivity contribution is -0.135. The zero-order chi connectivity index (χ0) is 18.6. The highest BCUT2D eigenvalue weighted by atomic mass is 35.5. The Morgan fingerprint density at radius 1 is 1.04 bits per heavy atom. The molecule has 130 valence electrons. The third-order valence-corrected chi connectivity index (χ3v) is 4.00. The van der Waals surface area contributed by atoms with Crippen LogP contribution in [0.2, 0.25) is 5.02 Å². The summed E-state index contributed by atoms with van der Waals surface area (Å²) in [5, 5.41) is 3.58. The number of hydrogen-bond donors (Lipinski definition) is 1. The van der Waals surface area contributed by atoms with Gasteiger partial charge in [-0.3, -0.25) is 4.79 Å². The predicted octanol–water partition coefficient (Wildman–Crippen LogP) is 4.62. The van der Waals surface area contributed by atoms with Crippen LogP contribution >= 0.6 is 11.6 Å². The molecule has 0 aliphatic carbocycles. The number of nitrogens with one attached hydrogen (secondary N) is 1. The third kappa shape index (κ3) is 4.70. The second-order valence-electron chi connectivity index (χ2n) is 5.82. The summed E-state index contributed by atoms with van der Waals surface area (Å²) in [7, 11) is 1.28. The average molecular weight is 358 g/mol. The van der Waals surface area contributed by atoms with Crippen LogP contribution in [0.1, 0.15) is 27.0 Å². The highest BCUT2D eigenvalue weighted by Crippen LogP contribution is 2.24. The van der Waals surface area contributed by atoms with Crippen LogP contribution in [0.25, 0.3) is 0 Å². The largest absolute Gasteiger partial charge is 0.464 e. The standard InChI is InChI=1S/C20H20ClNO3/c1-12-9-13(2)19(14(3)10-12)22-17(20(24)25-4)11-18(23)15-5-7-16(21)8-6-15/h5-11,22H,1-4H3. The van der Waals surface area contributed by atoms with E-state index < -0.39 is 5.97 Å². The van der Waals surface area contributed by atoms with Gasteiger partial charge in [-0.15, -0.1) is 0 Å². The summed E-state index contributed by atoms with van der Waals surface area (Å²) in [4.78, 5) is 24.5. The van der Waals surface area contributed by atoms with Crippen LogP contribution in [-0.2, 0) is 9.53 Å². The van der Waals surface area contributed by atoms with Gasteiger partial charge in [0.05, 0.1) is 7.11 Å². The zero-order valence-corrected chi connectivity index (χ0v) is 15.4. The summed E-state index contributed by atoms with van der Waals surface area (Å²) < 4.78 is 4.80. The topological polar surface area (TPSA) is 55.4 Å². The van der Waals surface area contributed by atoms with Crippen molar-refractivity contribution >= 4 is 29.0 Å². The molecular formula is C20H20ClNO3. The van der Waals surface area contributed by atoms with Gasteiger partial charge in [0.1, 0.15) is 5.70 Å². The van der Waals surface area contributed by atoms with Gasteiger partial charge in [0.2, 0.25) is 0 Å². The number of halogens is 1. The minimum atomic E-state index is -0.610. The monoisotopic (exact) mass is 357 g/mol. The average Bonchev–Trinajstić information content (AvgIpc) is 2.56. The lowest BCUT2D eigenvalue weighted by Crippen LogP contribution is -2.16. The Bertz CT molecular complexity index is 816. The van der Waals surface area contributed by atoms with E-state index in [-0.39, 0.29) is 11.5 Å². The second-order valence-corrected chi connectivity index (χ2v) is 6.26. The Morgan fingerprint density at radius 3 is 2.12 bits per heavy atom. The molecule has 0 aliphatic rings. The molecule has 0 fully saturated rings. The first kappa shape index (κ1) is 18.7. The number of allylic oxidation sites excluding steroid dienone is 1. The summed E-state index contributed by atoms with van der Waals surface area (Å²) in [5.74, 6) is -0.923. The normalized spacial score (nSPS) is 11.2. The van der Waals surface area contributed by atoms with Crippen molar-refractivity contribution in [2.75, 3.05) is 12.4 Å². The number of carbonyl (C=O) groups excluding carboxylic acids is 2. The fraction of sp³-hybridized carbons (Fsp3) is 0.200. The number of benzene rings is 2. The molecule has 0 spiro atoms. The number of ether oxygens (including phenoxy) is 1. The van der Waals surface area contributed by atoms with E-state index in [2.05, 4.69) is 5.32 Å². The van der Waals surface area contributed by atoms with Crippen LogP contribution in [0.3, 0.4) is 0 Å². The number of rotatable bonds is 5. The number of carbonyl (C=O) groups is 2. The van der Waals surface area contributed by atoms with Crippen molar-refractivity contribution in [3.63, 3.8) is 0 Å². The Morgan fingerprint density at radius 2 is 1.60 bits per heavy atom. The van der Waals surface area contributed by atoms with Crippen molar-refractivity contribution in [1.82, 2.24) is 0 Å². The fourth-order valence-electron chi connectivity index (χ4n) is 2.60. The SMILES string of the molecule is COC(=O)C(=CC(=O)c1ccc(Cl)cc1)Nc1c(C)cc(C)cc1C. The van der Waals surface area contributed by atoms with E-state index in [0.29, 0.717) is 10.6 Å². The number of hydrogen-bond acceptors (Lipinski definition) is 4. The molecular weight excluding hydrogens is 338 g/mol. The molecule has 0 atom stereocenters. The molecule has 0 saturated carbocycles. The molecule has 0 unspecified atom stereocenters. The smallest absolute Gasteiger partial charge is 0.354 e. The van der Waals surface area contributed by atoms with Crippen LogP contribution in [0, 0.1) is 20.8 Å². The quantitative estimate of drug-likeness (QED) is 0.482. The van der Waals surface area contributed by atoms with Gasteiger partial charge >= 0.3 is 5.97 Å². The van der Waals surface area contributed by atoms with Crippen LogP contribution in [0.15, 0.2) is 48.2 Å². The summed E-state index contributed by atoms with van der Waals surface area (Å²) >= 11 is 5.84. The van der Waals surface area contributed by atoms with E-state index in [1.807, 2.05) is 32.9 Å². The van der Waals surface area contributed by atoms with Crippen molar-refractivity contribution in [2.45, 2.75) is 20.8 Å². The van der Waals surface area contributed by atoms with Crippen LogP contribution in [0.4, 0.5) is 5.69 Å². The molecule has 0 bridgehead atoms. The van der Waals surface area contributed by atoms with E-state index >= 15 is 0 Å². The summed E-state index contributed by atoms with van der Waals surface area (Å²) in [5.41, 5.74) is 4.38. The molecule has 25 heavy (non-hydrogen) atoms. The second kappa shape index (κ2) is 7.99. The zero-order valence-electron chi connectivity index (χ0n) is 14.6. The van der Waals surface area contributed by atoms with Gasteiger partial charge in [-0.2, -0.15) is 0 Å². The van der Waals surface area contributed by atoms with E-state index in [4.69, 9.17) is 16.3 Å². The molecule has 2 aromatic carbocycles. The van der Waals surface area contributed by atoms with Gasteiger partial charge in [-0.05, 0) is 56.2 Å². The number of ketones is 1. The van der Waals surface area contributed by atoms with E-state index in [9.17, 15) is 9.59 Å². The minimum Gasteiger partial charge on any atom is -0.464 e. The number of esters is 1. The maximum Gasteiger partial charge on any atom is 0.354 e. The first-order valence-electron chi connectivity index (χ1n) is 7.76. The first-order valence-corrected chi connectivity index (χ1v) is 8.14. The van der Waals surface area contributed by atoms with Gasteiger partial charge in [0, 0.05) is 22.3 Å². The predicted molar refractivity (Wildman–Crippen MR) is 100 cm³/mol. The number of methoxy groups -OCH3 is 1. The van der Waals surface area contributed by atoms with Gasteiger partial charge < -0.3 is 10.1 Å². The number of anilines is 1. The molecule has 0 heterocycles. The molecule has 1 N–H and O–H groups in total. The Kier molecular flexibility index (Phi) is 5.99. The molecule has 0 radical (unpaired) electrons. The Labute approximate surface area is 152 Å². The van der Waals surface area contributed by atoms with Gasteiger partial charge in [-0.25, -0.2) is 4.79 Å². The van der Waals surface area contributed by atoms with E-state index in [1.165, 1.54) is 13.2 Å². The highest BCUT2D eigenvalue weighted by Gasteiger charge is 2.15. The molecule has 0 amide bonds. The summed E-state index contributed by atoms with van der Waals surface area (Å²) in [6, 6.07) is 10.5. The van der Waals surface area contributed by atoms with Gasteiger partial charge in [0.15, 0.2) is 5.78 Å². The van der Waals surface area contributed by atoms with Crippen LogP contribution in [-0.4, -0.2) is 18.9 Å². The van der Waals surface area contributed by atoms with Crippen molar-refractivity contribution in [2.24, 2.45) is 0 Å². The fourth-order valence-corrected chi connectivity index (χ4v) is 2.72. The molecule has 2 aromatic rings.